The fourth-order valence-electron chi connectivity index (χ4n) is 7.33. The van der Waals surface area contributed by atoms with Crippen molar-refractivity contribution >= 4 is 0 Å². The van der Waals surface area contributed by atoms with Crippen LogP contribution in [0.3, 0.4) is 0 Å². The second-order valence-corrected chi connectivity index (χ2v) is 15.0. The van der Waals surface area contributed by atoms with Gasteiger partial charge in [-0.15, -0.1) is 0 Å². The Balaban J connectivity index is 1.59. The molecule has 3 nitrogen and oxygen atoms in total. The molecule has 1 aliphatic heterocycles. The molecule has 1 saturated carbocycles. The number of allylic oxidation sites excluding steroid dienone is 8. The maximum absolute atomic E-state index is 6.86. The molecule has 47 heavy (non-hydrogen) atoms. The molecule has 0 bridgehead atoms. The van der Waals surface area contributed by atoms with Gasteiger partial charge in [-0.1, -0.05) is 140 Å². The third-order valence-electron chi connectivity index (χ3n) is 10.5. The summed E-state index contributed by atoms with van der Waals surface area (Å²) in [5.41, 5.74) is 0. The van der Waals surface area contributed by atoms with Gasteiger partial charge in [-0.05, 0) is 104 Å². The molecule has 2 rings (SSSR count). The van der Waals surface area contributed by atoms with Crippen LogP contribution in [-0.2, 0) is 9.47 Å². The van der Waals surface area contributed by atoms with Crippen molar-refractivity contribution in [1.29, 1.82) is 0 Å². The van der Waals surface area contributed by atoms with Crippen LogP contribution < -0.4 is 0 Å². The highest BCUT2D eigenvalue weighted by Gasteiger charge is 2.48. The van der Waals surface area contributed by atoms with Gasteiger partial charge in [0, 0.05) is 18.9 Å². The van der Waals surface area contributed by atoms with E-state index in [1.54, 1.807) is 0 Å². The Hall–Kier alpha value is -1.16. The van der Waals surface area contributed by atoms with Gasteiger partial charge in [-0.25, -0.2) is 0 Å². The van der Waals surface area contributed by atoms with E-state index in [1.165, 1.54) is 154 Å². The summed E-state index contributed by atoms with van der Waals surface area (Å²) >= 11 is 0. The molecule has 2 aliphatic rings. The highest BCUT2D eigenvalue weighted by Crippen LogP contribution is 2.43. The molecule has 0 amide bonds. The van der Waals surface area contributed by atoms with E-state index in [-0.39, 0.29) is 5.79 Å². The molecule has 0 radical (unpaired) electrons. The van der Waals surface area contributed by atoms with Crippen LogP contribution in [0.4, 0.5) is 0 Å². The van der Waals surface area contributed by atoms with Crippen LogP contribution >= 0.6 is 0 Å². The molecule has 1 spiro atoms. The quantitative estimate of drug-likeness (QED) is 0.0592. The molecule has 0 aromatic rings. The predicted octanol–water partition coefficient (Wildman–Crippen LogP) is 13.6. The van der Waals surface area contributed by atoms with Gasteiger partial charge >= 0.3 is 0 Å². The number of rotatable bonds is 29. The van der Waals surface area contributed by atoms with E-state index in [2.05, 4.69) is 81.5 Å². The largest absolute Gasteiger partial charge is 0.344 e. The Morgan fingerprint density at radius 2 is 0.851 bits per heavy atom. The fourth-order valence-corrected chi connectivity index (χ4v) is 7.33. The van der Waals surface area contributed by atoms with Crippen molar-refractivity contribution in [3.8, 4) is 0 Å². The van der Waals surface area contributed by atoms with Crippen molar-refractivity contribution in [1.82, 2.24) is 4.90 Å². The third-order valence-corrected chi connectivity index (χ3v) is 10.5. The molecule has 0 aromatic heterocycles. The Morgan fingerprint density at radius 3 is 1.23 bits per heavy atom. The van der Waals surface area contributed by atoms with Crippen molar-refractivity contribution in [3.05, 3.63) is 48.6 Å². The van der Waals surface area contributed by atoms with Crippen molar-refractivity contribution in [2.45, 2.75) is 218 Å². The lowest BCUT2D eigenvalue weighted by Gasteiger charge is -2.38. The van der Waals surface area contributed by atoms with Gasteiger partial charge in [0.25, 0.3) is 0 Å². The van der Waals surface area contributed by atoms with Crippen LogP contribution in [0.15, 0.2) is 48.6 Å². The molecule has 2 atom stereocenters. The maximum atomic E-state index is 6.86. The number of hydrogen-bond donors (Lipinski definition) is 0. The van der Waals surface area contributed by atoms with Gasteiger partial charge in [0.2, 0.25) is 0 Å². The molecule has 0 N–H and O–H groups in total. The SMILES string of the molecule is CCCCC/C=C\C/C=C\CCCCCCCC1OC2(CCC(N(C)C)CC2)OC1CCCCCCC/C=C\C/C=C\CCCCC. The minimum absolute atomic E-state index is 0.296. The molecular weight excluding hydrogens is 574 g/mol. The van der Waals surface area contributed by atoms with Crippen molar-refractivity contribution < 1.29 is 9.47 Å². The van der Waals surface area contributed by atoms with Crippen LogP contribution in [-0.4, -0.2) is 43.0 Å². The monoisotopic (exact) mass is 654 g/mol. The smallest absolute Gasteiger partial charge is 0.169 e. The molecule has 1 aliphatic carbocycles. The molecule has 2 unspecified atom stereocenters. The number of hydrogen-bond acceptors (Lipinski definition) is 3. The zero-order chi connectivity index (χ0) is 33.7. The number of nitrogens with zero attached hydrogens (tertiary/aromatic N) is 1. The lowest BCUT2D eigenvalue weighted by atomic mass is 9.89. The molecule has 3 heteroatoms. The van der Waals surface area contributed by atoms with Crippen molar-refractivity contribution in [2.24, 2.45) is 0 Å². The highest BCUT2D eigenvalue weighted by molar-refractivity contribution is 4.94. The molecule has 1 heterocycles. The second kappa shape index (κ2) is 28.7. The molecular formula is C44H79NO2. The standard InChI is InChI=1S/C44H79NO2/c1-5-7-9-11-13-15-17-19-21-23-25-27-29-31-33-35-42-43(47-44(46-42)39-37-41(38-40-44)45(3)4)36-34-32-30-28-26-24-22-20-18-16-14-12-10-8-6-2/h13-16,19-22,41-43H,5-12,17-18,23-40H2,1-4H3/b15-13-,16-14-,21-19-,22-20-. The van der Waals surface area contributed by atoms with E-state index in [0.717, 1.165) is 25.7 Å². The van der Waals surface area contributed by atoms with E-state index < -0.39 is 0 Å². The van der Waals surface area contributed by atoms with E-state index >= 15 is 0 Å². The average Bonchev–Trinajstić information content (AvgIpc) is 3.40. The Labute approximate surface area is 294 Å². The second-order valence-electron chi connectivity index (χ2n) is 15.0. The lowest BCUT2D eigenvalue weighted by Crippen LogP contribution is -2.42. The van der Waals surface area contributed by atoms with Crippen LogP contribution in [0.1, 0.15) is 194 Å². The zero-order valence-electron chi connectivity index (χ0n) is 31.9. The maximum Gasteiger partial charge on any atom is 0.169 e. The van der Waals surface area contributed by atoms with Gasteiger partial charge in [0.1, 0.15) is 0 Å². The van der Waals surface area contributed by atoms with Crippen molar-refractivity contribution in [2.75, 3.05) is 14.1 Å². The lowest BCUT2D eigenvalue weighted by molar-refractivity contribution is -0.200. The zero-order valence-corrected chi connectivity index (χ0v) is 31.9. The van der Waals surface area contributed by atoms with E-state index in [0.29, 0.717) is 18.2 Å². The summed E-state index contributed by atoms with van der Waals surface area (Å²) < 4.78 is 13.7. The first-order chi connectivity index (χ1) is 23.1. The third kappa shape index (κ3) is 20.8. The van der Waals surface area contributed by atoms with Gasteiger partial charge in [0.15, 0.2) is 5.79 Å². The van der Waals surface area contributed by atoms with E-state index in [4.69, 9.17) is 9.47 Å². The summed E-state index contributed by atoms with van der Waals surface area (Å²) in [7, 11) is 4.44. The van der Waals surface area contributed by atoms with Crippen LogP contribution in [0.2, 0.25) is 0 Å². The Bertz CT molecular complexity index is 763. The normalized spacial score (nSPS) is 23.7. The summed E-state index contributed by atoms with van der Waals surface area (Å²) in [5, 5.41) is 0. The first kappa shape index (κ1) is 42.0. The molecule has 2 fully saturated rings. The Kier molecular flexibility index (Phi) is 25.6. The topological polar surface area (TPSA) is 21.7 Å². The number of ether oxygens (including phenoxy) is 2. The summed E-state index contributed by atoms with van der Waals surface area (Å²) in [4.78, 5) is 2.39. The average molecular weight is 654 g/mol. The summed E-state index contributed by atoms with van der Waals surface area (Å²) in [6.07, 6.45) is 54.8. The van der Waals surface area contributed by atoms with Gasteiger partial charge in [-0.3, -0.25) is 0 Å². The Morgan fingerprint density at radius 1 is 0.489 bits per heavy atom. The minimum Gasteiger partial charge on any atom is -0.344 e. The molecule has 0 aromatic carbocycles. The molecule has 272 valence electrons. The van der Waals surface area contributed by atoms with Gasteiger partial charge < -0.3 is 14.4 Å². The fraction of sp³-hybridized carbons (Fsp3) is 0.818. The highest BCUT2D eigenvalue weighted by atomic mass is 16.8. The van der Waals surface area contributed by atoms with Gasteiger partial charge in [0.05, 0.1) is 12.2 Å². The first-order valence-electron chi connectivity index (χ1n) is 20.7. The van der Waals surface area contributed by atoms with E-state index in [9.17, 15) is 0 Å². The van der Waals surface area contributed by atoms with E-state index in [1.807, 2.05) is 0 Å². The predicted molar refractivity (Wildman–Crippen MR) is 207 cm³/mol. The van der Waals surface area contributed by atoms with Crippen LogP contribution in [0, 0.1) is 0 Å². The van der Waals surface area contributed by atoms with Crippen LogP contribution in [0.25, 0.3) is 0 Å². The minimum atomic E-state index is -0.296. The number of unbranched alkanes of at least 4 members (excludes halogenated alkanes) is 16. The summed E-state index contributed by atoms with van der Waals surface area (Å²) in [5.74, 6) is -0.296. The van der Waals surface area contributed by atoms with Crippen LogP contribution in [0.5, 0.6) is 0 Å². The molecule has 1 saturated heterocycles. The van der Waals surface area contributed by atoms with Crippen molar-refractivity contribution in [3.63, 3.8) is 0 Å². The summed E-state index contributed by atoms with van der Waals surface area (Å²) in [6.45, 7) is 4.54. The summed E-state index contributed by atoms with van der Waals surface area (Å²) in [6, 6.07) is 0.675. The van der Waals surface area contributed by atoms with Gasteiger partial charge in [-0.2, -0.15) is 0 Å². The first-order valence-corrected chi connectivity index (χ1v) is 20.7.